The van der Waals surface area contributed by atoms with Crippen LogP contribution in [0.25, 0.3) is 0 Å². The van der Waals surface area contributed by atoms with Gasteiger partial charge in [0.2, 0.25) is 0 Å². The lowest BCUT2D eigenvalue weighted by Crippen LogP contribution is -2.45. The van der Waals surface area contributed by atoms with Crippen molar-refractivity contribution in [3.8, 4) is 0 Å². The molecule has 1 saturated heterocycles. The van der Waals surface area contributed by atoms with Crippen molar-refractivity contribution in [2.75, 3.05) is 13.6 Å². The van der Waals surface area contributed by atoms with Crippen molar-refractivity contribution in [1.82, 2.24) is 4.90 Å². The third kappa shape index (κ3) is 3.67. The maximum Gasteiger partial charge on any atom is 0.0939 e. The number of hydrogen-bond donors (Lipinski definition) is 1. The predicted octanol–water partition coefficient (Wildman–Crippen LogP) is 4.36. The lowest BCUT2D eigenvalue weighted by atomic mass is 9.74. The molecule has 1 aliphatic carbocycles. The molecule has 0 radical (unpaired) electrons. The number of nitrogens with zero attached hydrogens (tertiary/aromatic N) is 1. The van der Waals surface area contributed by atoms with Gasteiger partial charge in [-0.3, -0.25) is 0 Å². The van der Waals surface area contributed by atoms with E-state index in [4.69, 9.17) is 0 Å². The highest BCUT2D eigenvalue weighted by Gasteiger charge is 2.42. The predicted molar refractivity (Wildman–Crippen MR) is 94.4 cm³/mol. The summed E-state index contributed by atoms with van der Waals surface area (Å²) in [4.78, 5) is 2.46. The fraction of sp³-hybridized carbons (Fsp3) is 0.684. The maximum atomic E-state index is 11.6. The van der Waals surface area contributed by atoms with Crippen LogP contribution < -0.4 is 0 Å². The summed E-state index contributed by atoms with van der Waals surface area (Å²) >= 11 is 0. The van der Waals surface area contributed by atoms with E-state index in [1.807, 2.05) is 6.07 Å². The SMILES string of the molecule is CN1CCCCC1CC(O)(c1ccccc1)C1CCCC1.Cl. The number of rotatable bonds is 4. The Morgan fingerprint density at radius 1 is 1.05 bits per heavy atom. The monoisotopic (exact) mass is 323 g/mol. The van der Waals surface area contributed by atoms with E-state index >= 15 is 0 Å². The van der Waals surface area contributed by atoms with E-state index in [2.05, 4.69) is 36.2 Å². The van der Waals surface area contributed by atoms with Gasteiger partial charge in [0.1, 0.15) is 0 Å². The first-order chi connectivity index (χ1) is 10.2. The van der Waals surface area contributed by atoms with Crippen molar-refractivity contribution in [2.45, 2.75) is 63.0 Å². The minimum Gasteiger partial charge on any atom is -0.385 e. The van der Waals surface area contributed by atoms with Gasteiger partial charge in [-0.2, -0.15) is 0 Å². The molecule has 0 aromatic heterocycles. The zero-order valence-electron chi connectivity index (χ0n) is 13.7. The molecule has 3 rings (SSSR count). The van der Waals surface area contributed by atoms with Crippen molar-refractivity contribution >= 4 is 12.4 Å². The van der Waals surface area contributed by atoms with Crippen molar-refractivity contribution < 1.29 is 5.11 Å². The fourth-order valence-electron chi connectivity index (χ4n) is 4.41. The van der Waals surface area contributed by atoms with Crippen LogP contribution in [-0.2, 0) is 5.60 Å². The Balaban J connectivity index is 0.00000176. The number of aliphatic hydroxyl groups is 1. The van der Waals surface area contributed by atoms with E-state index in [0.29, 0.717) is 12.0 Å². The molecule has 1 N–H and O–H groups in total. The molecular formula is C19H30ClNO. The van der Waals surface area contributed by atoms with Gasteiger partial charge in [-0.1, -0.05) is 49.6 Å². The molecule has 3 heteroatoms. The van der Waals surface area contributed by atoms with Gasteiger partial charge in [-0.25, -0.2) is 0 Å². The molecule has 2 atom stereocenters. The molecule has 22 heavy (non-hydrogen) atoms. The van der Waals surface area contributed by atoms with E-state index in [9.17, 15) is 5.11 Å². The summed E-state index contributed by atoms with van der Waals surface area (Å²) in [5, 5.41) is 11.6. The van der Waals surface area contributed by atoms with E-state index in [1.54, 1.807) is 0 Å². The van der Waals surface area contributed by atoms with Gasteiger partial charge in [0.05, 0.1) is 5.60 Å². The topological polar surface area (TPSA) is 23.5 Å². The first-order valence-electron chi connectivity index (χ1n) is 8.68. The van der Waals surface area contributed by atoms with Crippen molar-refractivity contribution in [1.29, 1.82) is 0 Å². The van der Waals surface area contributed by atoms with Gasteiger partial charge < -0.3 is 10.0 Å². The molecule has 2 aliphatic rings. The molecule has 1 aromatic rings. The summed E-state index contributed by atoms with van der Waals surface area (Å²) < 4.78 is 0. The van der Waals surface area contributed by atoms with Gasteiger partial charge in [-0.15, -0.1) is 12.4 Å². The molecule has 1 saturated carbocycles. The number of halogens is 1. The maximum absolute atomic E-state index is 11.6. The van der Waals surface area contributed by atoms with Crippen LogP contribution in [0.3, 0.4) is 0 Å². The number of hydrogen-bond acceptors (Lipinski definition) is 2. The summed E-state index contributed by atoms with van der Waals surface area (Å²) in [5.74, 6) is 0.440. The highest BCUT2D eigenvalue weighted by atomic mass is 35.5. The van der Waals surface area contributed by atoms with E-state index in [-0.39, 0.29) is 12.4 Å². The van der Waals surface area contributed by atoms with Gasteiger partial charge in [0.25, 0.3) is 0 Å². The Labute approximate surface area is 141 Å². The van der Waals surface area contributed by atoms with Crippen LogP contribution in [0, 0.1) is 5.92 Å². The van der Waals surface area contributed by atoms with Crippen LogP contribution >= 0.6 is 12.4 Å². The largest absolute Gasteiger partial charge is 0.385 e. The van der Waals surface area contributed by atoms with Crippen LogP contribution in [-0.4, -0.2) is 29.6 Å². The average Bonchev–Trinajstić information content (AvgIpc) is 3.05. The summed E-state index contributed by atoms with van der Waals surface area (Å²) in [6.07, 6.45) is 9.67. The van der Waals surface area contributed by atoms with E-state index in [1.165, 1.54) is 51.5 Å². The Bertz CT molecular complexity index is 446. The molecule has 1 heterocycles. The molecule has 2 nitrogen and oxygen atoms in total. The van der Waals surface area contributed by atoms with Crippen molar-refractivity contribution in [3.63, 3.8) is 0 Å². The highest BCUT2D eigenvalue weighted by molar-refractivity contribution is 5.85. The smallest absolute Gasteiger partial charge is 0.0939 e. The third-order valence-electron chi connectivity index (χ3n) is 5.77. The van der Waals surface area contributed by atoms with Crippen molar-refractivity contribution in [3.05, 3.63) is 35.9 Å². The summed E-state index contributed by atoms with van der Waals surface area (Å²) in [7, 11) is 2.23. The Morgan fingerprint density at radius 3 is 2.32 bits per heavy atom. The zero-order valence-corrected chi connectivity index (χ0v) is 14.5. The van der Waals surface area contributed by atoms with Crippen LogP contribution in [0.4, 0.5) is 0 Å². The fourth-order valence-corrected chi connectivity index (χ4v) is 4.41. The van der Waals surface area contributed by atoms with E-state index in [0.717, 1.165) is 12.0 Å². The summed E-state index contributed by atoms with van der Waals surface area (Å²) in [6, 6.07) is 11.0. The number of piperidine rings is 1. The molecule has 2 fully saturated rings. The first kappa shape index (κ1) is 17.8. The normalized spacial score (nSPS) is 26.4. The van der Waals surface area contributed by atoms with E-state index < -0.39 is 5.60 Å². The number of likely N-dealkylation sites (tertiary alicyclic amines) is 1. The molecule has 124 valence electrons. The van der Waals surface area contributed by atoms with Crippen LogP contribution in [0.15, 0.2) is 30.3 Å². The third-order valence-corrected chi connectivity index (χ3v) is 5.77. The minimum absolute atomic E-state index is 0. The molecular weight excluding hydrogens is 294 g/mol. The lowest BCUT2D eigenvalue weighted by molar-refractivity contribution is -0.0534. The molecule has 0 amide bonds. The lowest BCUT2D eigenvalue weighted by Gasteiger charge is -2.42. The second-order valence-electron chi connectivity index (χ2n) is 7.11. The molecule has 1 aromatic carbocycles. The minimum atomic E-state index is -0.631. The summed E-state index contributed by atoms with van der Waals surface area (Å²) in [5.41, 5.74) is 0.504. The van der Waals surface area contributed by atoms with Gasteiger partial charge in [0.15, 0.2) is 0 Å². The van der Waals surface area contributed by atoms with Crippen LogP contribution in [0.1, 0.15) is 56.9 Å². The molecule has 2 unspecified atom stereocenters. The second-order valence-corrected chi connectivity index (χ2v) is 7.11. The molecule has 0 bridgehead atoms. The Morgan fingerprint density at radius 2 is 1.68 bits per heavy atom. The second kappa shape index (κ2) is 7.81. The highest BCUT2D eigenvalue weighted by Crippen LogP contribution is 2.44. The van der Waals surface area contributed by atoms with Crippen LogP contribution in [0.2, 0.25) is 0 Å². The Hall–Kier alpha value is -0.570. The first-order valence-corrected chi connectivity index (χ1v) is 8.68. The van der Waals surface area contributed by atoms with Gasteiger partial charge in [-0.05, 0) is 57.2 Å². The van der Waals surface area contributed by atoms with Crippen LogP contribution in [0.5, 0.6) is 0 Å². The molecule has 0 spiro atoms. The molecule has 1 aliphatic heterocycles. The number of benzene rings is 1. The Kier molecular flexibility index (Phi) is 6.31. The average molecular weight is 324 g/mol. The zero-order chi connectivity index (χ0) is 14.7. The quantitative estimate of drug-likeness (QED) is 0.890. The van der Waals surface area contributed by atoms with Gasteiger partial charge >= 0.3 is 0 Å². The van der Waals surface area contributed by atoms with Crippen molar-refractivity contribution in [2.24, 2.45) is 5.92 Å². The summed E-state index contributed by atoms with van der Waals surface area (Å²) in [6.45, 7) is 1.18. The standard InChI is InChI=1S/C19H29NO.ClH/c1-20-14-8-7-13-18(20)15-19(21,17-11-5-6-12-17)16-9-3-2-4-10-16;/h2-4,9-10,17-18,21H,5-8,11-15H2,1H3;1H. The van der Waals surface area contributed by atoms with Gasteiger partial charge in [0, 0.05) is 6.04 Å².